The summed E-state index contributed by atoms with van der Waals surface area (Å²) < 4.78 is 42.7. The Bertz CT molecular complexity index is 413. The first-order valence-electron chi connectivity index (χ1n) is 6.68. The van der Waals surface area contributed by atoms with Crippen molar-refractivity contribution in [2.75, 3.05) is 6.61 Å². The van der Waals surface area contributed by atoms with E-state index in [2.05, 4.69) is 16.9 Å². The molecule has 0 spiro atoms. The molecule has 0 unspecified atom stereocenters. The molecule has 114 valence electrons. The molecule has 0 aliphatic rings. The Labute approximate surface area is 121 Å². The van der Waals surface area contributed by atoms with Gasteiger partial charge in [-0.2, -0.15) is 18.2 Å². The first-order chi connectivity index (χ1) is 9.43. The van der Waals surface area contributed by atoms with E-state index < -0.39 is 17.2 Å². The summed E-state index contributed by atoms with van der Waals surface area (Å²) in [6, 6.07) is 0.767. The summed E-state index contributed by atoms with van der Waals surface area (Å²) in [4.78, 5) is 6.76. The molecule has 0 aliphatic carbocycles. The van der Waals surface area contributed by atoms with Gasteiger partial charge in [0.05, 0.1) is 6.61 Å². The molecule has 1 aromatic rings. The van der Waals surface area contributed by atoms with Crippen molar-refractivity contribution in [1.82, 2.24) is 9.97 Å². The number of aromatic nitrogens is 2. The number of rotatable bonds is 8. The van der Waals surface area contributed by atoms with Crippen LogP contribution in [0.25, 0.3) is 0 Å². The van der Waals surface area contributed by atoms with Gasteiger partial charge in [0.25, 0.3) is 0 Å². The van der Waals surface area contributed by atoms with Crippen LogP contribution < -0.4 is 4.74 Å². The van der Waals surface area contributed by atoms with E-state index in [0.717, 1.165) is 25.3 Å². The molecule has 0 radical (unpaired) electrons. The van der Waals surface area contributed by atoms with E-state index in [9.17, 15) is 13.2 Å². The molecule has 0 aliphatic heterocycles. The molecule has 0 saturated heterocycles. The maximum absolute atomic E-state index is 12.5. The summed E-state index contributed by atoms with van der Waals surface area (Å²) in [6.45, 7) is 2.47. The third-order valence-electron chi connectivity index (χ3n) is 2.71. The van der Waals surface area contributed by atoms with Crippen LogP contribution in [0.5, 0.6) is 5.88 Å². The summed E-state index contributed by atoms with van der Waals surface area (Å²) in [5.74, 6) is -0.133. The predicted octanol–water partition coefficient (Wildman–Crippen LogP) is 4.89. The highest BCUT2D eigenvalue weighted by Crippen LogP contribution is 2.30. The van der Waals surface area contributed by atoms with E-state index in [1.807, 2.05) is 0 Å². The minimum absolute atomic E-state index is 0.133. The van der Waals surface area contributed by atoms with Crippen molar-refractivity contribution >= 4 is 11.6 Å². The van der Waals surface area contributed by atoms with Gasteiger partial charge in [-0.1, -0.05) is 39.0 Å². The first-order valence-corrected chi connectivity index (χ1v) is 7.06. The van der Waals surface area contributed by atoms with E-state index in [1.54, 1.807) is 0 Å². The van der Waals surface area contributed by atoms with E-state index in [1.165, 1.54) is 19.3 Å². The molecule has 1 heterocycles. The molecule has 1 aromatic heterocycles. The van der Waals surface area contributed by atoms with E-state index in [4.69, 9.17) is 16.3 Å². The molecule has 0 fully saturated rings. The number of alkyl halides is 3. The lowest BCUT2D eigenvalue weighted by Gasteiger charge is -2.09. The van der Waals surface area contributed by atoms with Gasteiger partial charge in [-0.25, -0.2) is 4.98 Å². The predicted molar refractivity (Wildman–Crippen MR) is 70.9 cm³/mol. The van der Waals surface area contributed by atoms with Crippen molar-refractivity contribution in [2.45, 2.75) is 51.6 Å². The smallest absolute Gasteiger partial charge is 0.433 e. The van der Waals surface area contributed by atoms with Crippen molar-refractivity contribution in [3.8, 4) is 5.88 Å². The molecular formula is C13H18ClF3N2O. The lowest BCUT2D eigenvalue weighted by molar-refractivity contribution is -0.141. The molecule has 1 rings (SSSR count). The Kier molecular flexibility index (Phi) is 7.05. The van der Waals surface area contributed by atoms with Crippen LogP contribution in [0.1, 0.15) is 51.1 Å². The first kappa shape index (κ1) is 17.0. The molecule has 7 heteroatoms. The van der Waals surface area contributed by atoms with Gasteiger partial charge in [0.15, 0.2) is 5.69 Å². The molecule has 0 aromatic carbocycles. The van der Waals surface area contributed by atoms with E-state index in [0.29, 0.717) is 6.61 Å². The normalized spacial score (nSPS) is 11.7. The molecule has 0 atom stereocenters. The summed E-state index contributed by atoms with van der Waals surface area (Å²) in [5.41, 5.74) is -1.09. The lowest BCUT2D eigenvalue weighted by Crippen LogP contribution is -2.10. The third-order valence-corrected chi connectivity index (χ3v) is 2.88. The number of hydrogen-bond donors (Lipinski definition) is 0. The quantitative estimate of drug-likeness (QED) is 0.506. The second-order valence-electron chi connectivity index (χ2n) is 4.47. The molecular weight excluding hydrogens is 293 g/mol. The maximum Gasteiger partial charge on any atom is 0.433 e. The maximum atomic E-state index is 12.5. The zero-order chi connectivity index (χ0) is 15.0. The fourth-order valence-electron chi connectivity index (χ4n) is 1.68. The Morgan fingerprint density at radius 1 is 1.10 bits per heavy atom. The fraction of sp³-hybridized carbons (Fsp3) is 0.692. The van der Waals surface area contributed by atoms with Gasteiger partial charge in [-0.05, 0) is 18.0 Å². The van der Waals surface area contributed by atoms with E-state index in [-0.39, 0.29) is 5.88 Å². The third kappa shape index (κ3) is 6.41. The van der Waals surface area contributed by atoms with Gasteiger partial charge < -0.3 is 4.74 Å². The molecule has 0 amide bonds. The highest BCUT2D eigenvalue weighted by Gasteiger charge is 2.33. The summed E-state index contributed by atoms with van der Waals surface area (Å²) in [5, 5.41) is -0.460. The van der Waals surface area contributed by atoms with Crippen molar-refractivity contribution < 1.29 is 17.9 Å². The summed E-state index contributed by atoms with van der Waals surface area (Å²) >= 11 is 5.45. The SMILES string of the molecule is CCCCCCCCOc1cc(C(F)(F)F)nc(Cl)n1. The highest BCUT2D eigenvalue weighted by molar-refractivity contribution is 6.28. The van der Waals surface area contributed by atoms with Gasteiger partial charge in [-0.3, -0.25) is 0 Å². The van der Waals surface area contributed by atoms with Crippen LogP contribution in [0.4, 0.5) is 13.2 Å². The van der Waals surface area contributed by atoms with Crippen LogP contribution in [0, 0.1) is 0 Å². The molecule has 3 nitrogen and oxygen atoms in total. The highest BCUT2D eigenvalue weighted by atomic mass is 35.5. The summed E-state index contributed by atoms with van der Waals surface area (Å²) in [7, 11) is 0. The number of halogens is 4. The van der Waals surface area contributed by atoms with Gasteiger partial charge in [0.2, 0.25) is 11.2 Å². The largest absolute Gasteiger partial charge is 0.478 e. The number of hydrogen-bond acceptors (Lipinski definition) is 3. The van der Waals surface area contributed by atoms with Gasteiger partial charge in [0.1, 0.15) is 0 Å². The number of unbranched alkanes of at least 4 members (excludes halogenated alkanes) is 5. The molecule has 0 bridgehead atoms. The van der Waals surface area contributed by atoms with Crippen LogP contribution in [0.3, 0.4) is 0 Å². The van der Waals surface area contributed by atoms with Crippen LogP contribution in [-0.2, 0) is 6.18 Å². The van der Waals surface area contributed by atoms with E-state index >= 15 is 0 Å². The van der Waals surface area contributed by atoms with Crippen molar-refractivity contribution in [3.63, 3.8) is 0 Å². The fourth-order valence-corrected chi connectivity index (χ4v) is 1.85. The second-order valence-corrected chi connectivity index (χ2v) is 4.81. The number of nitrogens with zero attached hydrogens (tertiary/aromatic N) is 2. The van der Waals surface area contributed by atoms with Crippen molar-refractivity contribution in [2.24, 2.45) is 0 Å². The molecule has 0 N–H and O–H groups in total. The van der Waals surface area contributed by atoms with Gasteiger partial charge >= 0.3 is 6.18 Å². The average molecular weight is 311 g/mol. The van der Waals surface area contributed by atoms with Crippen molar-refractivity contribution in [1.29, 1.82) is 0 Å². The number of ether oxygens (including phenoxy) is 1. The van der Waals surface area contributed by atoms with Crippen LogP contribution in [-0.4, -0.2) is 16.6 Å². The lowest BCUT2D eigenvalue weighted by atomic mass is 10.1. The minimum Gasteiger partial charge on any atom is -0.478 e. The topological polar surface area (TPSA) is 35.0 Å². The zero-order valence-electron chi connectivity index (χ0n) is 11.3. The van der Waals surface area contributed by atoms with Crippen LogP contribution >= 0.6 is 11.6 Å². The molecule has 0 saturated carbocycles. The Morgan fingerprint density at radius 2 is 1.75 bits per heavy atom. The standard InChI is InChI=1S/C13H18ClF3N2O/c1-2-3-4-5-6-7-8-20-11-9-10(13(15,16)17)18-12(14)19-11/h9H,2-8H2,1H3. The van der Waals surface area contributed by atoms with Gasteiger partial charge in [0, 0.05) is 6.07 Å². The van der Waals surface area contributed by atoms with Crippen LogP contribution in [0.15, 0.2) is 6.07 Å². The summed E-state index contributed by atoms with van der Waals surface area (Å²) in [6.07, 6.45) is 1.89. The Morgan fingerprint density at radius 3 is 2.40 bits per heavy atom. The second kappa shape index (κ2) is 8.29. The van der Waals surface area contributed by atoms with Crippen molar-refractivity contribution in [3.05, 3.63) is 17.0 Å². The monoisotopic (exact) mass is 310 g/mol. The van der Waals surface area contributed by atoms with Gasteiger partial charge in [-0.15, -0.1) is 0 Å². The Balaban J connectivity index is 2.39. The Hall–Kier alpha value is -1.04. The average Bonchev–Trinajstić information content (AvgIpc) is 2.36. The zero-order valence-corrected chi connectivity index (χ0v) is 12.1. The van der Waals surface area contributed by atoms with Crippen LogP contribution in [0.2, 0.25) is 5.28 Å². The molecule has 20 heavy (non-hydrogen) atoms. The minimum atomic E-state index is -4.55.